The summed E-state index contributed by atoms with van der Waals surface area (Å²) in [5, 5.41) is 11.5. The number of aryl methyl sites for hydroxylation is 1. The molecule has 3 aromatic rings. The maximum absolute atomic E-state index is 11.3. The van der Waals surface area contributed by atoms with Crippen molar-refractivity contribution in [2.45, 2.75) is 45.6 Å². The van der Waals surface area contributed by atoms with Gasteiger partial charge in [0.2, 0.25) is 0 Å². The van der Waals surface area contributed by atoms with E-state index in [1.807, 2.05) is 24.3 Å². The van der Waals surface area contributed by atoms with Crippen LogP contribution in [0.25, 0.3) is 11.3 Å². The average Bonchev–Trinajstić information content (AvgIpc) is 3.52. The van der Waals surface area contributed by atoms with Crippen LogP contribution < -0.4 is 4.90 Å². The monoisotopic (exact) mass is 488 g/mol. The predicted octanol–water partition coefficient (Wildman–Crippen LogP) is 7.75. The van der Waals surface area contributed by atoms with E-state index in [0.29, 0.717) is 21.5 Å². The highest BCUT2D eigenvalue weighted by molar-refractivity contribution is 7.16. The first-order valence-electron chi connectivity index (χ1n) is 11.0. The second kappa shape index (κ2) is 9.82. The molecule has 1 aliphatic carbocycles. The fraction of sp³-hybridized carbons (Fsp3) is 0.360. The zero-order valence-corrected chi connectivity index (χ0v) is 20.5. The number of hydrogen-bond acceptors (Lipinski definition) is 4. The molecule has 2 aromatic carbocycles. The highest BCUT2D eigenvalue weighted by Gasteiger charge is 2.37. The minimum absolute atomic E-state index is 0.183. The number of thiazole rings is 1. The molecule has 1 N–H and O–H groups in total. The summed E-state index contributed by atoms with van der Waals surface area (Å²) in [6, 6.07) is 13.1. The molecule has 4 nitrogen and oxygen atoms in total. The fourth-order valence-electron chi connectivity index (χ4n) is 4.13. The minimum Gasteiger partial charge on any atom is -0.478 e. The maximum Gasteiger partial charge on any atom is 0.335 e. The molecule has 7 heteroatoms. The van der Waals surface area contributed by atoms with Crippen LogP contribution in [0, 0.1) is 5.92 Å². The Labute approximate surface area is 202 Å². The lowest BCUT2D eigenvalue weighted by Gasteiger charge is -2.32. The van der Waals surface area contributed by atoms with E-state index in [9.17, 15) is 9.90 Å². The van der Waals surface area contributed by atoms with Gasteiger partial charge < -0.3 is 10.0 Å². The summed E-state index contributed by atoms with van der Waals surface area (Å²) in [7, 11) is 0. The van der Waals surface area contributed by atoms with Gasteiger partial charge in [-0.2, -0.15) is 0 Å². The van der Waals surface area contributed by atoms with Gasteiger partial charge in [-0.3, -0.25) is 0 Å². The number of nitrogens with zero attached hydrogens (tertiary/aromatic N) is 2. The van der Waals surface area contributed by atoms with Crippen molar-refractivity contribution in [2.75, 3.05) is 11.4 Å². The van der Waals surface area contributed by atoms with Crippen molar-refractivity contribution < 1.29 is 9.90 Å². The molecule has 1 aromatic heterocycles. The van der Waals surface area contributed by atoms with Crippen LogP contribution in [0.4, 0.5) is 5.13 Å². The van der Waals surface area contributed by atoms with Crippen molar-refractivity contribution in [1.82, 2.24) is 4.98 Å². The molecule has 0 amide bonds. The number of halogens is 2. The molecular formula is C25H26Cl2N2O2S. The summed E-state index contributed by atoms with van der Waals surface area (Å²) in [5.41, 5.74) is 3.28. The van der Waals surface area contributed by atoms with Crippen LogP contribution in [0.1, 0.15) is 60.0 Å². The number of anilines is 1. The molecule has 168 valence electrons. The lowest BCUT2D eigenvalue weighted by Crippen LogP contribution is -2.31. The van der Waals surface area contributed by atoms with E-state index in [-0.39, 0.29) is 6.04 Å². The second-order valence-electron chi connectivity index (χ2n) is 8.15. The average molecular weight is 489 g/mol. The second-order valence-corrected chi connectivity index (χ2v) is 10.1. The zero-order valence-electron chi connectivity index (χ0n) is 18.1. The van der Waals surface area contributed by atoms with E-state index in [0.717, 1.165) is 41.3 Å². The molecule has 1 saturated carbocycles. The largest absolute Gasteiger partial charge is 0.478 e. The SMILES string of the molecule is CCCN(c1nc(-c2ccc(Cl)cc2Cl)c(CC)s1)C(c1ccc(C(=O)O)cc1)C1CC1. The van der Waals surface area contributed by atoms with Crippen LogP contribution in [0.3, 0.4) is 0 Å². The Morgan fingerprint density at radius 1 is 1.19 bits per heavy atom. The van der Waals surface area contributed by atoms with E-state index in [2.05, 4.69) is 18.7 Å². The number of rotatable bonds is 9. The summed E-state index contributed by atoms with van der Waals surface area (Å²) >= 11 is 14.4. The maximum atomic E-state index is 11.3. The fourth-order valence-corrected chi connectivity index (χ4v) is 5.70. The van der Waals surface area contributed by atoms with Gasteiger partial charge in [0.15, 0.2) is 5.13 Å². The number of carbonyl (C=O) groups is 1. The Hall–Kier alpha value is -2.08. The summed E-state index contributed by atoms with van der Waals surface area (Å²) in [6.45, 7) is 5.19. The highest BCUT2D eigenvalue weighted by Crippen LogP contribution is 2.48. The minimum atomic E-state index is -0.901. The number of aromatic carboxylic acids is 1. The van der Waals surface area contributed by atoms with Crippen molar-refractivity contribution in [1.29, 1.82) is 0 Å². The van der Waals surface area contributed by atoms with E-state index in [1.165, 1.54) is 17.7 Å². The van der Waals surface area contributed by atoms with Gasteiger partial charge in [0.25, 0.3) is 0 Å². The number of aromatic nitrogens is 1. The number of benzene rings is 2. The van der Waals surface area contributed by atoms with Gasteiger partial charge in [0, 0.05) is 22.0 Å². The third kappa shape index (κ3) is 4.80. The normalized spacial score (nSPS) is 14.4. The van der Waals surface area contributed by atoms with Crippen molar-refractivity contribution in [2.24, 2.45) is 5.92 Å². The van der Waals surface area contributed by atoms with E-state index in [4.69, 9.17) is 28.2 Å². The van der Waals surface area contributed by atoms with E-state index >= 15 is 0 Å². The van der Waals surface area contributed by atoms with Crippen molar-refractivity contribution >= 4 is 45.6 Å². The quantitative estimate of drug-likeness (QED) is 0.334. The molecule has 4 rings (SSSR count). The molecule has 1 fully saturated rings. The summed E-state index contributed by atoms with van der Waals surface area (Å²) < 4.78 is 0. The van der Waals surface area contributed by atoms with Gasteiger partial charge in [0.1, 0.15) is 0 Å². The molecule has 1 heterocycles. The van der Waals surface area contributed by atoms with Crippen LogP contribution in [-0.2, 0) is 6.42 Å². The highest BCUT2D eigenvalue weighted by atomic mass is 35.5. The first kappa shape index (κ1) is 23.1. The third-order valence-corrected chi connectivity index (χ3v) is 7.59. The molecule has 0 aliphatic heterocycles. The number of hydrogen-bond donors (Lipinski definition) is 1. The molecule has 1 unspecified atom stereocenters. The Balaban J connectivity index is 1.75. The zero-order chi connectivity index (χ0) is 22.8. The van der Waals surface area contributed by atoms with Crippen LogP contribution in [0.5, 0.6) is 0 Å². The molecule has 0 spiro atoms. The number of carboxylic acids is 1. The van der Waals surface area contributed by atoms with E-state index < -0.39 is 5.97 Å². The first-order valence-corrected chi connectivity index (χ1v) is 12.5. The van der Waals surface area contributed by atoms with Gasteiger partial charge >= 0.3 is 5.97 Å². The molecule has 0 bridgehead atoms. The van der Waals surface area contributed by atoms with Crippen LogP contribution in [0.2, 0.25) is 10.0 Å². The Morgan fingerprint density at radius 3 is 2.47 bits per heavy atom. The van der Waals surface area contributed by atoms with Crippen molar-refractivity contribution in [3.05, 3.63) is 68.5 Å². The summed E-state index contributed by atoms with van der Waals surface area (Å²) in [4.78, 5) is 20.0. The first-order chi connectivity index (χ1) is 15.4. The Kier molecular flexibility index (Phi) is 7.08. The molecule has 32 heavy (non-hydrogen) atoms. The lowest BCUT2D eigenvalue weighted by atomic mass is 9.99. The van der Waals surface area contributed by atoms with Gasteiger partial charge in [-0.25, -0.2) is 9.78 Å². The van der Waals surface area contributed by atoms with Gasteiger partial charge in [0.05, 0.1) is 22.3 Å². The van der Waals surface area contributed by atoms with Crippen LogP contribution in [-0.4, -0.2) is 22.6 Å². The Bertz CT molecular complexity index is 1110. The lowest BCUT2D eigenvalue weighted by molar-refractivity contribution is 0.0697. The predicted molar refractivity (Wildman–Crippen MR) is 133 cm³/mol. The summed E-state index contributed by atoms with van der Waals surface area (Å²) in [6.07, 6.45) is 4.21. The van der Waals surface area contributed by atoms with Crippen molar-refractivity contribution in [3.8, 4) is 11.3 Å². The number of carboxylic acid groups (broad SMARTS) is 1. The van der Waals surface area contributed by atoms with Crippen LogP contribution >= 0.6 is 34.5 Å². The molecule has 0 saturated heterocycles. The topological polar surface area (TPSA) is 53.4 Å². The molecule has 1 aliphatic rings. The van der Waals surface area contributed by atoms with Gasteiger partial charge in [-0.15, -0.1) is 11.3 Å². The van der Waals surface area contributed by atoms with E-state index in [1.54, 1.807) is 29.5 Å². The van der Waals surface area contributed by atoms with Crippen LogP contribution in [0.15, 0.2) is 42.5 Å². The smallest absolute Gasteiger partial charge is 0.335 e. The van der Waals surface area contributed by atoms with Gasteiger partial charge in [-0.1, -0.05) is 49.2 Å². The Morgan fingerprint density at radius 2 is 1.91 bits per heavy atom. The third-order valence-electron chi connectivity index (χ3n) is 5.81. The van der Waals surface area contributed by atoms with Gasteiger partial charge in [-0.05, 0) is 67.5 Å². The molecule has 1 atom stereocenters. The summed E-state index contributed by atoms with van der Waals surface area (Å²) in [5.74, 6) is -0.351. The molecule has 0 radical (unpaired) electrons. The molecular weight excluding hydrogens is 463 g/mol. The van der Waals surface area contributed by atoms with Crippen molar-refractivity contribution in [3.63, 3.8) is 0 Å². The standard InChI is InChI=1S/C25H26Cl2N2O2S/c1-3-13-29(23(15-5-6-15)16-7-9-17(10-8-16)24(30)31)25-28-22(21(4-2)32-25)19-12-11-18(26)14-20(19)27/h7-12,14-15,23H,3-6,13H2,1-2H3,(H,30,31).